The maximum Gasteiger partial charge on any atom is -0.0357 e. The Morgan fingerprint density at radius 2 is 2.11 bits per heavy atom. The van der Waals surface area contributed by atoms with Crippen molar-refractivity contribution in [1.29, 1.82) is 0 Å². The summed E-state index contributed by atoms with van der Waals surface area (Å²) in [7, 11) is 0. The largest absolute Gasteiger partial charge is 0.0625 e. The highest BCUT2D eigenvalue weighted by Crippen LogP contribution is 2.25. The lowest BCUT2D eigenvalue weighted by Gasteiger charge is -2.09. The lowest BCUT2D eigenvalue weighted by Crippen LogP contribution is -1.98. The highest BCUT2D eigenvalue weighted by molar-refractivity contribution is 4.78. The van der Waals surface area contributed by atoms with Gasteiger partial charge in [0.25, 0.3) is 0 Å². The topological polar surface area (TPSA) is 0 Å². The van der Waals surface area contributed by atoms with Gasteiger partial charge in [0.15, 0.2) is 0 Å². The minimum Gasteiger partial charge on any atom is -0.0625 e. The number of hydrogen-bond acceptors (Lipinski definition) is 0. The number of rotatable bonds is 0. The maximum absolute atomic E-state index is 2.48. The summed E-state index contributed by atoms with van der Waals surface area (Å²) in [4.78, 5) is 0. The van der Waals surface area contributed by atoms with E-state index in [0.29, 0.717) is 0 Å². The second-order valence-electron chi connectivity index (χ2n) is 3.48. The van der Waals surface area contributed by atoms with E-state index in [9.17, 15) is 0 Å². The summed E-state index contributed by atoms with van der Waals surface area (Å²) < 4.78 is 0. The minimum absolute atomic E-state index is 0.877. The molecule has 1 fully saturated rings. The molecule has 0 aliphatic heterocycles. The first-order chi connectivity index (χ1) is 4.29. The Labute approximate surface area is 58.7 Å². The number of hydrogen-bond donors (Lipinski definition) is 0. The van der Waals surface area contributed by atoms with E-state index >= 15 is 0 Å². The van der Waals surface area contributed by atoms with Crippen molar-refractivity contribution in [3.05, 3.63) is 6.42 Å². The third-order valence-electron chi connectivity index (χ3n) is 2.24. The van der Waals surface area contributed by atoms with Crippen molar-refractivity contribution in [3.63, 3.8) is 0 Å². The van der Waals surface area contributed by atoms with E-state index in [2.05, 4.69) is 20.3 Å². The molecular formula is C9H17. The molecule has 0 aromatic carbocycles. The second kappa shape index (κ2) is 3.24. The predicted molar refractivity (Wildman–Crippen MR) is 41.1 cm³/mol. The molecule has 0 amide bonds. The smallest absolute Gasteiger partial charge is 0.0357 e. The first-order valence-corrected chi connectivity index (χ1v) is 4.12. The molecule has 0 heterocycles. The summed E-state index contributed by atoms with van der Waals surface area (Å²) >= 11 is 0. The summed E-state index contributed by atoms with van der Waals surface area (Å²) in [5, 5.41) is 0. The van der Waals surface area contributed by atoms with E-state index in [4.69, 9.17) is 0 Å². The van der Waals surface area contributed by atoms with Crippen LogP contribution in [-0.2, 0) is 0 Å². The van der Waals surface area contributed by atoms with Crippen LogP contribution in [0.15, 0.2) is 0 Å². The van der Waals surface area contributed by atoms with E-state index in [1.165, 1.54) is 25.7 Å². The van der Waals surface area contributed by atoms with Crippen LogP contribution in [0, 0.1) is 18.3 Å². The standard InChI is InChI=1S/C9H17/c1-8-5-3-4-6-9(2)7-8/h5,8-9H,3-4,6-7H2,1-2H3. The summed E-state index contributed by atoms with van der Waals surface area (Å²) in [6.07, 6.45) is 8.11. The molecule has 0 N–H and O–H groups in total. The quantitative estimate of drug-likeness (QED) is 0.436. The fourth-order valence-corrected chi connectivity index (χ4v) is 1.72. The molecule has 1 rings (SSSR count). The Kier molecular flexibility index (Phi) is 2.56. The first-order valence-electron chi connectivity index (χ1n) is 4.12. The molecule has 1 aliphatic carbocycles. The Balaban J connectivity index is 2.29. The van der Waals surface area contributed by atoms with E-state index in [1.54, 1.807) is 0 Å². The lowest BCUT2D eigenvalue weighted by molar-refractivity contribution is 0.452. The molecule has 2 atom stereocenters. The van der Waals surface area contributed by atoms with Gasteiger partial charge in [0.05, 0.1) is 0 Å². The Hall–Kier alpha value is 0. The molecule has 0 aromatic rings. The van der Waals surface area contributed by atoms with Crippen molar-refractivity contribution in [2.45, 2.75) is 39.5 Å². The van der Waals surface area contributed by atoms with Gasteiger partial charge >= 0.3 is 0 Å². The molecule has 0 saturated heterocycles. The van der Waals surface area contributed by atoms with Crippen molar-refractivity contribution in [1.82, 2.24) is 0 Å². The molecule has 1 radical (unpaired) electrons. The van der Waals surface area contributed by atoms with Crippen LogP contribution in [0.1, 0.15) is 39.5 Å². The van der Waals surface area contributed by atoms with E-state index in [0.717, 1.165) is 11.8 Å². The molecule has 0 bridgehead atoms. The molecule has 1 saturated carbocycles. The van der Waals surface area contributed by atoms with Crippen LogP contribution in [0.2, 0.25) is 0 Å². The lowest BCUT2D eigenvalue weighted by atomic mass is 9.97. The molecule has 0 nitrogen and oxygen atoms in total. The van der Waals surface area contributed by atoms with Gasteiger partial charge in [-0.25, -0.2) is 0 Å². The Morgan fingerprint density at radius 1 is 1.33 bits per heavy atom. The fourth-order valence-electron chi connectivity index (χ4n) is 1.72. The van der Waals surface area contributed by atoms with Crippen LogP contribution in [0.25, 0.3) is 0 Å². The van der Waals surface area contributed by atoms with Crippen molar-refractivity contribution in [3.8, 4) is 0 Å². The van der Waals surface area contributed by atoms with E-state index < -0.39 is 0 Å². The fraction of sp³-hybridized carbons (Fsp3) is 0.889. The van der Waals surface area contributed by atoms with Gasteiger partial charge < -0.3 is 0 Å². The van der Waals surface area contributed by atoms with Gasteiger partial charge in [-0.1, -0.05) is 26.7 Å². The van der Waals surface area contributed by atoms with Crippen LogP contribution in [0.3, 0.4) is 0 Å². The zero-order chi connectivity index (χ0) is 6.69. The van der Waals surface area contributed by atoms with Crippen molar-refractivity contribution < 1.29 is 0 Å². The van der Waals surface area contributed by atoms with E-state index in [-0.39, 0.29) is 0 Å². The monoisotopic (exact) mass is 125 g/mol. The van der Waals surface area contributed by atoms with Crippen LogP contribution in [0.4, 0.5) is 0 Å². The van der Waals surface area contributed by atoms with Crippen molar-refractivity contribution >= 4 is 0 Å². The molecule has 0 aromatic heterocycles. The molecular weight excluding hydrogens is 108 g/mol. The van der Waals surface area contributed by atoms with E-state index in [1.807, 2.05) is 0 Å². The highest BCUT2D eigenvalue weighted by atomic mass is 14.2. The zero-order valence-corrected chi connectivity index (χ0v) is 6.56. The van der Waals surface area contributed by atoms with Gasteiger partial charge in [0.1, 0.15) is 0 Å². The van der Waals surface area contributed by atoms with Crippen molar-refractivity contribution in [2.24, 2.45) is 11.8 Å². The Bertz CT molecular complexity index is 66.1. The summed E-state index contributed by atoms with van der Waals surface area (Å²) in [5.74, 6) is 1.85. The highest BCUT2D eigenvalue weighted by Gasteiger charge is 2.12. The average molecular weight is 125 g/mol. The van der Waals surface area contributed by atoms with Gasteiger partial charge in [-0.2, -0.15) is 0 Å². The second-order valence-corrected chi connectivity index (χ2v) is 3.48. The third kappa shape index (κ3) is 2.38. The van der Waals surface area contributed by atoms with Gasteiger partial charge in [-0.05, 0) is 31.1 Å². The first kappa shape index (κ1) is 7.11. The van der Waals surface area contributed by atoms with Gasteiger partial charge in [-0.3, -0.25) is 0 Å². The van der Waals surface area contributed by atoms with Gasteiger partial charge in [0.2, 0.25) is 0 Å². The van der Waals surface area contributed by atoms with Gasteiger partial charge in [0, 0.05) is 0 Å². The van der Waals surface area contributed by atoms with Crippen LogP contribution in [0.5, 0.6) is 0 Å². The third-order valence-corrected chi connectivity index (χ3v) is 2.24. The summed E-state index contributed by atoms with van der Waals surface area (Å²) in [6.45, 7) is 4.71. The normalized spacial score (nSPS) is 38.0. The Morgan fingerprint density at radius 3 is 2.89 bits per heavy atom. The summed E-state index contributed by atoms with van der Waals surface area (Å²) in [5.41, 5.74) is 0. The maximum atomic E-state index is 2.48. The predicted octanol–water partition coefficient (Wildman–Crippen LogP) is 3.04. The van der Waals surface area contributed by atoms with Crippen LogP contribution >= 0.6 is 0 Å². The molecule has 0 spiro atoms. The average Bonchev–Trinajstić information content (AvgIpc) is 1.93. The zero-order valence-electron chi connectivity index (χ0n) is 6.56. The minimum atomic E-state index is 0.877. The molecule has 53 valence electrons. The van der Waals surface area contributed by atoms with Crippen LogP contribution in [-0.4, -0.2) is 0 Å². The molecule has 1 aliphatic rings. The molecule has 0 heteroatoms. The molecule has 9 heavy (non-hydrogen) atoms. The van der Waals surface area contributed by atoms with Crippen LogP contribution < -0.4 is 0 Å². The summed E-state index contributed by atoms with van der Waals surface area (Å²) in [6, 6.07) is 0. The van der Waals surface area contributed by atoms with Crippen molar-refractivity contribution in [2.75, 3.05) is 0 Å². The molecule has 2 unspecified atom stereocenters. The SMILES string of the molecule is CC1[CH]CCCC(C)C1. The van der Waals surface area contributed by atoms with Gasteiger partial charge in [-0.15, -0.1) is 0 Å².